The van der Waals surface area contributed by atoms with Gasteiger partial charge < -0.3 is 15.0 Å². The Balaban J connectivity index is 2.60. The van der Waals surface area contributed by atoms with Crippen LogP contribution in [-0.2, 0) is 9.53 Å². The number of hydrogen-bond acceptors (Lipinski definition) is 4. The summed E-state index contributed by atoms with van der Waals surface area (Å²) in [6.07, 6.45) is 2.55. The van der Waals surface area contributed by atoms with E-state index in [9.17, 15) is 4.79 Å². The van der Waals surface area contributed by atoms with Gasteiger partial charge in [-0.2, -0.15) is 0 Å². The van der Waals surface area contributed by atoms with Crippen molar-refractivity contribution in [2.45, 2.75) is 27.2 Å². The Bertz CT molecular complexity index is 462. The molecule has 21 heavy (non-hydrogen) atoms. The van der Waals surface area contributed by atoms with Gasteiger partial charge in [0.25, 0.3) is 0 Å². The van der Waals surface area contributed by atoms with Crippen LogP contribution in [0.15, 0.2) is 35.9 Å². The summed E-state index contributed by atoms with van der Waals surface area (Å²) in [5.41, 5.74) is 2.97. The Labute approximate surface area is 127 Å². The van der Waals surface area contributed by atoms with Crippen LogP contribution in [0.1, 0.15) is 27.2 Å². The van der Waals surface area contributed by atoms with Crippen LogP contribution >= 0.6 is 0 Å². The average molecular weight is 290 g/mol. The van der Waals surface area contributed by atoms with Crippen LogP contribution in [0.3, 0.4) is 0 Å². The number of ether oxygens (including phenoxy) is 1. The first-order chi connectivity index (χ1) is 10.2. The first kappa shape index (κ1) is 17.1. The highest BCUT2D eigenvalue weighted by Gasteiger charge is 2.05. The molecule has 0 aliphatic rings. The van der Waals surface area contributed by atoms with E-state index in [1.54, 1.807) is 0 Å². The van der Waals surface area contributed by atoms with Gasteiger partial charge >= 0.3 is 5.97 Å². The Morgan fingerprint density at radius 1 is 1.19 bits per heavy atom. The van der Waals surface area contributed by atoms with E-state index in [-0.39, 0.29) is 5.97 Å². The van der Waals surface area contributed by atoms with Crippen molar-refractivity contribution in [3.8, 4) is 0 Å². The highest BCUT2D eigenvalue weighted by Crippen LogP contribution is 2.17. The minimum atomic E-state index is -0.254. The molecule has 0 spiro atoms. The lowest BCUT2D eigenvalue weighted by atomic mass is 10.2. The van der Waals surface area contributed by atoms with E-state index in [0.717, 1.165) is 18.8 Å². The molecule has 0 saturated heterocycles. The Morgan fingerprint density at radius 2 is 1.81 bits per heavy atom. The average Bonchev–Trinajstić information content (AvgIpc) is 2.53. The highest BCUT2D eigenvalue weighted by molar-refractivity contribution is 5.88. The van der Waals surface area contributed by atoms with Crippen LogP contribution in [-0.4, -0.2) is 32.7 Å². The molecule has 0 bridgehead atoms. The number of esters is 1. The number of anilines is 2. The van der Waals surface area contributed by atoms with Crippen molar-refractivity contribution in [1.29, 1.82) is 0 Å². The summed E-state index contributed by atoms with van der Waals surface area (Å²) in [7, 11) is 1.41. The molecule has 4 nitrogen and oxygen atoms in total. The van der Waals surface area contributed by atoms with Crippen molar-refractivity contribution in [2.24, 2.45) is 0 Å². The van der Waals surface area contributed by atoms with Crippen molar-refractivity contribution < 1.29 is 9.53 Å². The smallest absolute Gasteiger partial charge is 0.333 e. The SMILES string of the molecule is CC/C(=C/CNc1ccc(N(CC)CC)cc1)C(=O)OC. The lowest BCUT2D eigenvalue weighted by Gasteiger charge is -2.21. The van der Waals surface area contributed by atoms with Gasteiger partial charge in [0.1, 0.15) is 0 Å². The molecular weight excluding hydrogens is 264 g/mol. The van der Waals surface area contributed by atoms with E-state index in [0.29, 0.717) is 18.5 Å². The second-order valence-corrected chi connectivity index (χ2v) is 4.67. The second kappa shape index (κ2) is 9.06. The fourth-order valence-electron chi connectivity index (χ4n) is 2.17. The topological polar surface area (TPSA) is 41.6 Å². The van der Waals surface area contributed by atoms with E-state index in [4.69, 9.17) is 4.74 Å². The maximum atomic E-state index is 11.4. The Morgan fingerprint density at radius 3 is 2.29 bits per heavy atom. The van der Waals surface area contributed by atoms with Crippen molar-refractivity contribution in [1.82, 2.24) is 0 Å². The lowest BCUT2D eigenvalue weighted by molar-refractivity contribution is -0.136. The number of rotatable bonds is 8. The molecule has 0 fully saturated rings. The van der Waals surface area contributed by atoms with Crippen molar-refractivity contribution in [2.75, 3.05) is 37.0 Å². The molecule has 0 heterocycles. The quantitative estimate of drug-likeness (QED) is 0.588. The minimum Gasteiger partial charge on any atom is -0.466 e. The molecule has 0 atom stereocenters. The fraction of sp³-hybridized carbons (Fsp3) is 0.471. The number of carbonyl (C=O) groups excluding carboxylic acids is 1. The summed E-state index contributed by atoms with van der Waals surface area (Å²) in [5.74, 6) is -0.254. The van der Waals surface area contributed by atoms with Crippen LogP contribution in [0.25, 0.3) is 0 Å². The summed E-state index contributed by atoms with van der Waals surface area (Å²) in [4.78, 5) is 13.7. The summed E-state index contributed by atoms with van der Waals surface area (Å²) < 4.78 is 4.73. The first-order valence-corrected chi connectivity index (χ1v) is 7.52. The predicted molar refractivity (Wildman–Crippen MR) is 88.9 cm³/mol. The molecular formula is C17H26N2O2. The predicted octanol–water partition coefficient (Wildman–Crippen LogP) is 3.45. The summed E-state index contributed by atoms with van der Waals surface area (Å²) in [6, 6.07) is 8.34. The highest BCUT2D eigenvalue weighted by atomic mass is 16.5. The van der Waals surface area contributed by atoms with Gasteiger partial charge in [-0.25, -0.2) is 4.79 Å². The van der Waals surface area contributed by atoms with Gasteiger partial charge in [0.15, 0.2) is 0 Å². The second-order valence-electron chi connectivity index (χ2n) is 4.67. The van der Waals surface area contributed by atoms with Gasteiger partial charge in [-0.05, 0) is 44.5 Å². The van der Waals surface area contributed by atoms with Crippen LogP contribution in [0.2, 0.25) is 0 Å². The molecule has 1 aromatic carbocycles. The van der Waals surface area contributed by atoms with E-state index in [1.165, 1.54) is 12.8 Å². The van der Waals surface area contributed by atoms with E-state index in [2.05, 4.69) is 48.3 Å². The first-order valence-electron chi connectivity index (χ1n) is 7.52. The number of nitrogens with one attached hydrogen (secondary N) is 1. The van der Waals surface area contributed by atoms with Gasteiger partial charge in [-0.3, -0.25) is 0 Å². The lowest BCUT2D eigenvalue weighted by Crippen LogP contribution is -2.21. The van der Waals surface area contributed by atoms with Gasteiger partial charge in [-0.1, -0.05) is 13.0 Å². The molecule has 1 rings (SSSR count). The van der Waals surface area contributed by atoms with E-state index in [1.807, 2.05) is 13.0 Å². The fourth-order valence-corrected chi connectivity index (χ4v) is 2.17. The molecule has 0 unspecified atom stereocenters. The summed E-state index contributed by atoms with van der Waals surface area (Å²) in [5, 5.41) is 3.29. The van der Waals surface area contributed by atoms with Gasteiger partial charge in [0.2, 0.25) is 0 Å². The molecule has 0 aromatic heterocycles. The molecule has 4 heteroatoms. The van der Waals surface area contributed by atoms with Crippen molar-refractivity contribution in [3.63, 3.8) is 0 Å². The largest absolute Gasteiger partial charge is 0.466 e. The molecule has 1 N–H and O–H groups in total. The summed E-state index contributed by atoms with van der Waals surface area (Å²) in [6.45, 7) is 8.87. The third-order valence-electron chi connectivity index (χ3n) is 3.48. The zero-order chi connectivity index (χ0) is 15.7. The van der Waals surface area contributed by atoms with Crippen LogP contribution < -0.4 is 10.2 Å². The maximum Gasteiger partial charge on any atom is 0.333 e. The number of nitrogens with zero attached hydrogens (tertiary/aromatic N) is 1. The van der Waals surface area contributed by atoms with Crippen molar-refractivity contribution >= 4 is 17.3 Å². The van der Waals surface area contributed by atoms with Crippen molar-refractivity contribution in [3.05, 3.63) is 35.9 Å². The maximum absolute atomic E-state index is 11.4. The third-order valence-corrected chi connectivity index (χ3v) is 3.48. The molecule has 0 radical (unpaired) electrons. The van der Waals surface area contributed by atoms with Gasteiger partial charge in [0, 0.05) is 36.6 Å². The normalized spacial score (nSPS) is 11.1. The van der Waals surface area contributed by atoms with Crippen LogP contribution in [0.4, 0.5) is 11.4 Å². The molecule has 0 aliphatic heterocycles. The number of carbonyl (C=O) groups is 1. The van der Waals surface area contributed by atoms with Gasteiger partial charge in [-0.15, -0.1) is 0 Å². The van der Waals surface area contributed by atoms with E-state index < -0.39 is 0 Å². The molecule has 0 aliphatic carbocycles. The molecule has 1 aromatic rings. The van der Waals surface area contributed by atoms with Crippen LogP contribution in [0.5, 0.6) is 0 Å². The molecule has 0 amide bonds. The summed E-state index contributed by atoms with van der Waals surface area (Å²) >= 11 is 0. The van der Waals surface area contributed by atoms with Crippen LogP contribution in [0, 0.1) is 0 Å². The Kier molecular flexibility index (Phi) is 7.37. The zero-order valence-corrected chi connectivity index (χ0v) is 13.5. The number of methoxy groups -OCH3 is 1. The van der Waals surface area contributed by atoms with E-state index >= 15 is 0 Å². The monoisotopic (exact) mass is 290 g/mol. The third kappa shape index (κ3) is 5.14. The molecule has 0 saturated carbocycles. The number of hydrogen-bond donors (Lipinski definition) is 1. The minimum absolute atomic E-state index is 0.254. The zero-order valence-electron chi connectivity index (χ0n) is 13.5. The van der Waals surface area contributed by atoms with Gasteiger partial charge in [0.05, 0.1) is 7.11 Å². The standard InChI is InChI=1S/C17H26N2O2/c1-5-14(17(20)21-4)12-13-18-15-8-10-16(11-9-15)19(6-2)7-3/h8-12,18H,5-7,13H2,1-4H3/b14-12-. The molecule has 116 valence electrons. The Hall–Kier alpha value is -1.97. The number of benzene rings is 1.